The Balaban J connectivity index is 1.34. The molecule has 2 aromatic heterocycles. The zero-order chi connectivity index (χ0) is 20.1. The van der Waals surface area contributed by atoms with Gasteiger partial charge in [0.25, 0.3) is 5.91 Å². The lowest BCUT2D eigenvalue weighted by molar-refractivity contribution is 0.0409. The van der Waals surface area contributed by atoms with Crippen LogP contribution in [0.4, 0.5) is 0 Å². The number of hydrogen-bond acceptors (Lipinski definition) is 5. The Labute approximate surface area is 168 Å². The van der Waals surface area contributed by atoms with Crippen molar-refractivity contribution in [2.24, 2.45) is 5.92 Å². The molecule has 5 rings (SSSR count). The number of sulfone groups is 1. The quantitative estimate of drug-likeness (QED) is 0.711. The molecule has 0 bridgehead atoms. The second kappa shape index (κ2) is 6.59. The average molecular weight is 411 g/mol. The molecule has 2 aliphatic rings. The van der Waals surface area contributed by atoms with Gasteiger partial charge < -0.3 is 14.6 Å². The molecule has 1 atom stereocenters. The number of aromatic amines is 1. The minimum Gasteiger partial charge on any atom is -0.477 e. The zero-order valence-corrected chi connectivity index (χ0v) is 16.6. The van der Waals surface area contributed by atoms with E-state index in [1.807, 2.05) is 30.3 Å². The van der Waals surface area contributed by atoms with Crippen LogP contribution >= 0.6 is 0 Å². The lowest BCUT2D eigenvalue weighted by atomic mass is 9.83. The van der Waals surface area contributed by atoms with E-state index in [1.54, 1.807) is 29.4 Å². The van der Waals surface area contributed by atoms with E-state index in [0.717, 1.165) is 10.9 Å². The summed E-state index contributed by atoms with van der Waals surface area (Å²) in [7, 11) is -3.28. The van der Waals surface area contributed by atoms with E-state index in [2.05, 4.69) is 9.97 Å². The van der Waals surface area contributed by atoms with Gasteiger partial charge in [0.05, 0.1) is 17.9 Å². The number of likely N-dealkylation sites (tertiary alicyclic amines) is 1. The topological polar surface area (TPSA) is 92.4 Å². The Morgan fingerprint density at radius 2 is 2.00 bits per heavy atom. The molecule has 8 heteroatoms. The van der Waals surface area contributed by atoms with Crippen molar-refractivity contribution in [3.8, 4) is 5.88 Å². The van der Waals surface area contributed by atoms with Crippen LogP contribution in [0.15, 0.2) is 54.9 Å². The fourth-order valence-electron chi connectivity index (χ4n) is 4.49. The minimum atomic E-state index is -3.28. The number of carbonyl (C=O) groups excluding carboxylic acids is 1. The van der Waals surface area contributed by atoms with Gasteiger partial charge in [-0.05, 0) is 18.6 Å². The number of pyridine rings is 1. The molecule has 2 aliphatic heterocycles. The molecule has 1 amide bonds. The zero-order valence-electron chi connectivity index (χ0n) is 15.7. The molecular weight excluding hydrogens is 390 g/mol. The van der Waals surface area contributed by atoms with Gasteiger partial charge in [0.2, 0.25) is 5.88 Å². The Kier molecular flexibility index (Phi) is 4.13. The fraction of sp³-hybridized carbons (Fsp3) is 0.333. The van der Waals surface area contributed by atoms with E-state index in [0.29, 0.717) is 17.9 Å². The van der Waals surface area contributed by atoms with Crippen molar-refractivity contribution in [1.82, 2.24) is 14.9 Å². The number of aromatic nitrogens is 2. The van der Waals surface area contributed by atoms with E-state index < -0.39 is 14.6 Å². The van der Waals surface area contributed by atoms with Crippen molar-refractivity contribution in [2.45, 2.75) is 11.2 Å². The van der Waals surface area contributed by atoms with Crippen LogP contribution in [-0.2, 0) is 9.84 Å². The molecule has 1 spiro atoms. The third kappa shape index (κ3) is 2.81. The van der Waals surface area contributed by atoms with E-state index in [4.69, 9.17) is 4.74 Å². The van der Waals surface area contributed by atoms with Crippen LogP contribution in [0.3, 0.4) is 0 Å². The molecule has 2 fully saturated rings. The van der Waals surface area contributed by atoms with Gasteiger partial charge >= 0.3 is 0 Å². The molecule has 1 aromatic carbocycles. The first kappa shape index (κ1) is 18.2. The molecule has 3 aromatic rings. The van der Waals surface area contributed by atoms with Gasteiger partial charge in [-0.1, -0.05) is 24.3 Å². The summed E-state index contributed by atoms with van der Waals surface area (Å²) in [4.78, 5) is 21.9. The highest BCUT2D eigenvalue weighted by Crippen LogP contribution is 2.45. The van der Waals surface area contributed by atoms with Crippen molar-refractivity contribution < 1.29 is 17.9 Å². The summed E-state index contributed by atoms with van der Waals surface area (Å²) in [5.41, 5.74) is 1.47. The summed E-state index contributed by atoms with van der Waals surface area (Å²) in [6.07, 6.45) is 3.88. The molecule has 1 N–H and O–H groups in total. The number of carbonyl (C=O) groups is 1. The number of amides is 1. The number of fused-ring (bicyclic) bond motifs is 1. The van der Waals surface area contributed by atoms with Crippen LogP contribution in [0.25, 0.3) is 10.9 Å². The number of H-pyrrole nitrogens is 1. The number of rotatable bonds is 4. The molecule has 29 heavy (non-hydrogen) atoms. The molecule has 2 saturated heterocycles. The summed E-state index contributed by atoms with van der Waals surface area (Å²) in [6.45, 7) is 0.708. The third-order valence-corrected chi connectivity index (χ3v) is 8.80. The molecule has 0 unspecified atom stereocenters. The Morgan fingerprint density at radius 3 is 2.79 bits per heavy atom. The number of ether oxygens (including phenoxy) is 1. The SMILES string of the molecule is O=C(c1c[nH]c2ccccc12)N1CC2(C1)[C@H](COc1ccccn1)CCS2(=O)=O. The Hall–Kier alpha value is -2.87. The average Bonchev–Trinajstić information content (AvgIpc) is 3.24. The molecule has 150 valence electrons. The number of nitrogens with one attached hydrogen (secondary N) is 1. The molecular formula is C21H21N3O4S. The van der Waals surface area contributed by atoms with Gasteiger partial charge in [0.15, 0.2) is 9.84 Å². The van der Waals surface area contributed by atoms with Crippen LogP contribution in [0, 0.1) is 5.92 Å². The summed E-state index contributed by atoms with van der Waals surface area (Å²) >= 11 is 0. The maximum absolute atomic E-state index is 13.0. The number of hydrogen-bond donors (Lipinski definition) is 1. The molecule has 0 aliphatic carbocycles. The fourth-order valence-corrected chi connectivity index (χ4v) is 6.89. The highest BCUT2D eigenvalue weighted by molar-refractivity contribution is 7.93. The molecule has 4 heterocycles. The molecule has 0 radical (unpaired) electrons. The second-order valence-corrected chi connectivity index (χ2v) is 10.2. The first-order valence-electron chi connectivity index (χ1n) is 9.62. The second-order valence-electron chi connectivity index (χ2n) is 7.76. The molecule has 7 nitrogen and oxygen atoms in total. The van der Waals surface area contributed by atoms with Gasteiger partial charge in [-0.25, -0.2) is 13.4 Å². The van der Waals surface area contributed by atoms with Crippen molar-refractivity contribution in [1.29, 1.82) is 0 Å². The van der Waals surface area contributed by atoms with Crippen molar-refractivity contribution >= 4 is 26.6 Å². The maximum atomic E-state index is 13.0. The van der Waals surface area contributed by atoms with Crippen molar-refractivity contribution in [3.63, 3.8) is 0 Å². The first-order chi connectivity index (χ1) is 14.0. The van der Waals surface area contributed by atoms with Crippen LogP contribution in [0.5, 0.6) is 5.88 Å². The number of benzene rings is 1. The summed E-state index contributed by atoms with van der Waals surface area (Å²) in [5, 5.41) is 0.850. The van der Waals surface area contributed by atoms with Crippen LogP contribution in [0.1, 0.15) is 16.8 Å². The van der Waals surface area contributed by atoms with Crippen molar-refractivity contribution in [2.75, 3.05) is 25.4 Å². The normalized spacial score (nSPS) is 21.9. The van der Waals surface area contributed by atoms with Crippen LogP contribution in [-0.4, -0.2) is 59.4 Å². The minimum absolute atomic E-state index is 0.137. The Morgan fingerprint density at radius 1 is 1.21 bits per heavy atom. The van der Waals surface area contributed by atoms with Crippen LogP contribution < -0.4 is 4.74 Å². The summed E-state index contributed by atoms with van der Waals surface area (Å²) < 4.78 is 30.5. The van der Waals surface area contributed by atoms with Gasteiger partial charge in [-0.2, -0.15) is 0 Å². The first-order valence-corrected chi connectivity index (χ1v) is 11.3. The highest BCUT2D eigenvalue weighted by atomic mass is 32.2. The number of nitrogens with zero attached hydrogens (tertiary/aromatic N) is 2. The highest BCUT2D eigenvalue weighted by Gasteiger charge is 2.62. The van der Waals surface area contributed by atoms with Gasteiger partial charge in [-0.3, -0.25) is 4.79 Å². The van der Waals surface area contributed by atoms with Crippen LogP contribution in [0.2, 0.25) is 0 Å². The molecule has 0 saturated carbocycles. The summed E-state index contributed by atoms with van der Waals surface area (Å²) in [6, 6.07) is 13.0. The maximum Gasteiger partial charge on any atom is 0.256 e. The van der Waals surface area contributed by atoms with E-state index in [1.165, 1.54) is 0 Å². The van der Waals surface area contributed by atoms with Gasteiger partial charge in [0.1, 0.15) is 4.75 Å². The standard InChI is InChI=1S/C21H21N3O4S/c25-20(17-11-23-18-6-2-1-5-16(17)18)24-13-21(14-24)15(8-10-29(21,26)27)12-28-19-7-3-4-9-22-19/h1-7,9,11,15,23H,8,10,12-14H2/t15-/m0/s1. The number of para-hydroxylation sites is 1. The van der Waals surface area contributed by atoms with Gasteiger partial charge in [-0.15, -0.1) is 0 Å². The lowest BCUT2D eigenvalue weighted by Gasteiger charge is -2.49. The Bertz CT molecular complexity index is 1170. The van der Waals surface area contributed by atoms with E-state index in [-0.39, 0.29) is 37.3 Å². The lowest BCUT2D eigenvalue weighted by Crippen LogP contribution is -2.68. The van der Waals surface area contributed by atoms with Gasteiger partial charge in [0, 0.05) is 48.4 Å². The third-order valence-electron chi connectivity index (χ3n) is 6.19. The van der Waals surface area contributed by atoms with E-state index >= 15 is 0 Å². The monoisotopic (exact) mass is 411 g/mol. The summed E-state index contributed by atoms with van der Waals surface area (Å²) in [5.74, 6) is 0.331. The predicted octanol–water partition coefficient (Wildman–Crippen LogP) is 2.27. The smallest absolute Gasteiger partial charge is 0.256 e. The van der Waals surface area contributed by atoms with E-state index in [9.17, 15) is 13.2 Å². The largest absolute Gasteiger partial charge is 0.477 e. The predicted molar refractivity (Wildman–Crippen MR) is 109 cm³/mol. The van der Waals surface area contributed by atoms with Crippen molar-refractivity contribution in [3.05, 3.63) is 60.4 Å².